The van der Waals surface area contributed by atoms with Gasteiger partial charge in [-0.05, 0) is 39.2 Å². The van der Waals surface area contributed by atoms with Crippen molar-refractivity contribution in [2.45, 2.75) is 39.7 Å². The lowest BCUT2D eigenvalue weighted by molar-refractivity contribution is 0.441. The first-order valence-corrected chi connectivity index (χ1v) is 4.41. The van der Waals surface area contributed by atoms with E-state index in [1.807, 2.05) is 7.05 Å². The van der Waals surface area contributed by atoms with E-state index in [4.69, 9.17) is 0 Å². The van der Waals surface area contributed by atoms with E-state index < -0.39 is 0 Å². The number of likely N-dealkylation sites (N-methyl/N-ethyl adjacent to an activating group) is 1. The maximum absolute atomic E-state index is 3.36. The highest BCUT2D eigenvalue weighted by molar-refractivity contribution is 5.11. The number of allylic oxidation sites excluding steroid dienone is 1. The Labute approximate surface area is 69.9 Å². The minimum Gasteiger partial charge on any atom is -0.313 e. The van der Waals surface area contributed by atoms with Gasteiger partial charge in [-0.2, -0.15) is 0 Å². The zero-order chi connectivity index (χ0) is 8.48. The van der Waals surface area contributed by atoms with E-state index in [0.717, 1.165) is 0 Å². The van der Waals surface area contributed by atoms with Gasteiger partial charge in [0.15, 0.2) is 0 Å². The molecule has 0 aliphatic heterocycles. The van der Waals surface area contributed by atoms with Gasteiger partial charge in [-0.15, -0.1) is 0 Å². The van der Waals surface area contributed by atoms with Crippen molar-refractivity contribution in [3.63, 3.8) is 0 Å². The molecule has 0 radical (unpaired) electrons. The van der Waals surface area contributed by atoms with Crippen LogP contribution in [-0.2, 0) is 0 Å². The molecule has 0 aromatic heterocycles. The summed E-state index contributed by atoms with van der Waals surface area (Å²) in [6.45, 7) is 6.68. The van der Waals surface area contributed by atoms with Crippen molar-refractivity contribution in [1.82, 2.24) is 5.32 Å². The van der Waals surface area contributed by atoms with Gasteiger partial charge in [-0.25, -0.2) is 0 Å². The number of rotatable bonds is 3. The fourth-order valence-corrected chi connectivity index (χ4v) is 1.47. The van der Waals surface area contributed by atoms with Gasteiger partial charge >= 0.3 is 0 Å². The Bertz CT molecular complexity index is 162. The van der Waals surface area contributed by atoms with Gasteiger partial charge in [0.2, 0.25) is 0 Å². The van der Waals surface area contributed by atoms with Gasteiger partial charge in [-0.1, -0.05) is 18.6 Å². The summed E-state index contributed by atoms with van der Waals surface area (Å²) in [6, 6.07) is 0.590. The van der Waals surface area contributed by atoms with Crippen molar-refractivity contribution < 1.29 is 0 Å². The molecule has 1 unspecified atom stereocenters. The molecule has 1 fully saturated rings. The molecule has 0 aromatic carbocycles. The molecule has 1 nitrogen and oxygen atoms in total. The molecule has 1 N–H and O–H groups in total. The highest BCUT2D eigenvalue weighted by Gasteiger charge is 2.42. The summed E-state index contributed by atoms with van der Waals surface area (Å²) in [5, 5.41) is 3.36. The van der Waals surface area contributed by atoms with Gasteiger partial charge in [0.25, 0.3) is 0 Å². The predicted octanol–water partition coefficient (Wildman–Crippen LogP) is 2.34. The molecule has 0 heterocycles. The Morgan fingerprint density at radius 2 is 2.00 bits per heavy atom. The first-order valence-electron chi connectivity index (χ1n) is 4.41. The molecule has 64 valence electrons. The Kier molecular flexibility index (Phi) is 2.38. The molecule has 1 aliphatic rings. The molecule has 1 rings (SSSR count). The third-order valence-electron chi connectivity index (χ3n) is 2.60. The zero-order valence-electron chi connectivity index (χ0n) is 8.07. The van der Waals surface area contributed by atoms with Crippen molar-refractivity contribution >= 4 is 0 Å². The van der Waals surface area contributed by atoms with Gasteiger partial charge in [0, 0.05) is 6.04 Å². The summed E-state index contributed by atoms with van der Waals surface area (Å²) in [7, 11) is 2.05. The van der Waals surface area contributed by atoms with Gasteiger partial charge in [0.1, 0.15) is 0 Å². The van der Waals surface area contributed by atoms with Crippen LogP contribution in [0.25, 0.3) is 0 Å². The summed E-state index contributed by atoms with van der Waals surface area (Å²) >= 11 is 0. The smallest absolute Gasteiger partial charge is 0.0303 e. The average molecular weight is 153 g/mol. The van der Waals surface area contributed by atoms with Gasteiger partial charge in [-0.3, -0.25) is 0 Å². The molecule has 1 saturated carbocycles. The van der Waals surface area contributed by atoms with E-state index >= 15 is 0 Å². The van der Waals surface area contributed by atoms with Crippen molar-refractivity contribution in [1.29, 1.82) is 0 Å². The standard InChI is InChI=1S/C10H19N/c1-8(2)7-9(11-4)10(3)5-6-10/h7,9,11H,5-6H2,1-4H3. The molecule has 1 heteroatoms. The van der Waals surface area contributed by atoms with Gasteiger partial charge < -0.3 is 5.32 Å². The highest BCUT2D eigenvalue weighted by Crippen LogP contribution is 2.48. The molecule has 1 atom stereocenters. The topological polar surface area (TPSA) is 12.0 Å². The third kappa shape index (κ3) is 2.06. The van der Waals surface area contributed by atoms with E-state index in [1.54, 1.807) is 0 Å². The maximum atomic E-state index is 3.36. The van der Waals surface area contributed by atoms with Crippen molar-refractivity contribution in [3.8, 4) is 0 Å². The van der Waals surface area contributed by atoms with Crippen LogP contribution in [0.3, 0.4) is 0 Å². The zero-order valence-corrected chi connectivity index (χ0v) is 8.07. The Balaban J connectivity index is 2.57. The molecule has 0 amide bonds. The van der Waals surface area contributed by atoms with E-state index in [-0.39, 0.29) is 0 Å². The van der Waals surface area contributed by atoms with Crippen LogP contribution >= 0.6 is 0 Å². The fraction of sp³-hybridized carbons (Fsp3) is 0.800. The number of hydrogen-bond donors (Lipinski definition) is 1. The van der Waals surface area contributed by atoms with Crippen molar-refractivity contribution in [3.05, 3.63) is 11.6 Å². The Morgan fingerprint density at radius 3 is 2.27 bits per heavy atom. The Morgan fingerprint density at radius 1 is 1.45 bits per heavy atom. The first-order chi connectivity index (χ1) is 5.08. The molecular weight excluding hydrogens is 134 g/mol. The summed E-state index contributed by atoms with van der Waals surface area (Å²) in [5.74, 6) is 0. The molecular formula is C10H19N. The summed E-state index contributed by atoms with van der Waals surface area (Å²) in [5.41, 5.74) is 1.98. The lowest BCUT2D eigenvalue weighted by Crippen LogP contribution is -2.31. The van der Waals surface area contributed by atoms with Gasteiger partial charge in [0.05, 0.1) is 0 Å². The van der Waals surface area contributed by atoms with Crippen LogP contribution in [0.15, 0.2) is 11.6 Å². The second-order valence-corrected chi connectivity index (χ2v) is 4.16. The summed E-state index contributed by atoms with van der Waals surface area (Å²) in [4.78, 5) is 0. The van der Waals surface area contributed by atoms with Crippen LogP contribution in [-0.4, -0.2) is 13.1 Å². The second-order valence-electron chi connectivity index (χ2n) is 4.16. The van der Waals surface area contributed by atoms with E-state index in [9.17, 15) is 0 Å². The monoisotopic (exact) mass is 153 g/mol. The lowest BCUT2D eigenvalue weighted by Gasteiger charge is -2.19. The largest absolute Gasteiger partial charge is 0.313 e. The molecule has 0 bridgehead atoms. The van der Waals surface area contributed by atoms with Crippen LogP contribution in [0.1, 0.15) is 33.6 Å². The molecule has 0 saturated heterocycles. The fourth-order valence-electron chi connectivity index (χ4n) is 1.47. The van der Waals surface area contributed by atoms with Crippen molar-refractivity contribution in [2.24, 2.45) is 5.41 Å². The average Bonchev–Trinajstić information content (AvgIpc) is 2.63. The molecule has 0 aromatic rings. The Hall–Kier alpha value is -0.300. The van der Waals surface area contributed by atoms with E-state index in [1.165, 1.54) is 18.4 Å². The molecule has 0 spiro atoms. The van der Waals surface area contributed by atoms with Crippen LogP contribution < -0.4 is 5.32 Å². The van der Waals surface area contributed by atoms with E-state index in [0.29, 0.717) is 11.5 Å². The van der Waals surface area contributed by atoms with Crippen LogP contribution in [0.2, 0.25) is 0 Å². The first kappa shape index (κ1) is 8.79. The van der Waals surface area contributed by atoms with Crippen LogP contribution in [0.5, 0.6) is 0 Å². The number of nitrogens with one attached hydrogen (secondary N) is 1. The third-order valence-corrected chi connectivity index (χ3v) is 2.60. The second kappa shape index (κ2) is 2.98. The summed E-state index contributed by atoms with van der Waals surface area (Å²) < 4.78 is 0. The quantitative estimate of drug-likeness (QED) is 0.614. The van der Waals surface area contributed by atoms with Crippen LogP contribution in [0, 0.1) is 5.41 Å². The number of hydrogen-bond acceptors (Lipinski definition) is 1. The predicted molar refractivity (Wildman–Crippen MR) is 49.6 cm³/mol. The summed E-state index contributed by atoms with van der Waals surface area (Å²) in [6.07, 6.45) is 5.09. The van der Waals surface area contributed by atoms with E-state index in [2.05, 4.69) is 32.2 Å². The SMILES string of the molecule is CNC(C=C(C)C)C1(C)CC1. The maximum Gasteiger partial charge on any atom is 0.0303 e. The highest BCUT2D eigenvalue weighted by atomic mass is 14.9. The molecule has 11 heavy (non-hydrogen) atoms. The van der Waals surface area contributed by atoms with Crippen molar-refractivity contribution in [2.75, 3.05) is 7.05 Å². The van der Waals surface area contributed by atoms with Crippen LogP contribution in [0.4, 0.5) is 0 Å². The minimum atomic E-state index is 0.562. The normalized spacial score (nSPS) is 22.5. The lowest BCUT2D eigenvalue weighted by atomic mass is 9.97. The minimum absolute atomic E-state index is 0.562. The molecule has 1 aliphatic carbocycles.